The lowest BCUT2D eigenvalue weighted by molar-refractivity contribution is 0.811. The minimum absolute atomic E-state index is 0.341. The Kier molecular flexibility index (Phi) is 6.28. The zero-order valence-electron chi connectivity index (χ0n) is 24.3. The number of hydrogen-bond donors (Lipinski definition) is 0. The van der Waals surface area contributed by atoms with Crippen molar-refractivity contribution in [1.29, 1.82) is 0 Å². The van der Waals surface area contributed by atoms with Crippen LogP contribution in [0.1, 0.15) is 56.2 Å². The predicted molar refractivity (Wildman–Crippen MR) is 178 cm³/mol. The van der Waals surface area contributed by atoms with Gasteiger partial charge in [0.15, 0.2) is 0 Å². The monoisotopic (exact) mass is 550 g/mol. The van der Waals surface area contributed by atoms with Gasteiger partial charge in [0.1, 0.15) is 5.82 Å². The minimum atomic E-state index is 0.341. The molecule has 5 aromatic carbocycles. The second-order valence-corrected chi connectivity index (χ2v) is 12.8. The number of thiophene rings is 1. The van der Waals surface area contributed by atoms with Crippen molar-refractivity contribution in [3.05, 3.63) is 120 Å². The maximum Gasteiger partial charge on any atom is 0.145 e. The molecule has 41 heavy (non-hydrogen) atoms. The molecule has 0 saturated heterocycles. The van der Waals surface area contributed by atoms with Gasteiger partial charge in [-0.05, 0) is 83.0 Å². The van der Waals surface area contributed by atoms with E-state index in [1.807, 2.05) is 11.3 Å². The third kappa shape index (κ3) is 4.27. The zero-order chi connectivity index (χ0) is 28.2. The van der Waals surface area contributed by atoms with Crippen LogP contribution in [0, 0.1) is 6.92 Å². The Morgan fingerprint density at radius 1 is 0.634 bits per heavy atom. The van der Waals surface area contributed by atoms with E-state index in [1.165, 1.54) is 53.7 Å². The summed E-state index contributed by atoms with van der Waals surface area (Å²) in [7, 11) is 0. The van der Waals surface area contributed by atoms with Crippen LogP contribution in [-0.4, -0.2) is 9.55 Å². The van der Waals surface area contributed by atoms with Crippen molar-refractivity contribution in [1.82, 2.24) is 9.55 Å². The van der Waals surface area contributed by atoms with Gasteiger partial charge in [-0.2, -0.15) is 0 Å². The number of nitrogens with zero attached hydrogens (tertiary/aromatic N) is 2. The molecule has 2 heterocycles. The Labute approximate surface area is 245 Å². The molecule has 0 amide bonds. The molecule has 0 aliphatic rings. The fraction of sp³-hybridized carbons (Fsp3) is 0.184. The van der Waals surface area contributed by atoms with Gasteiger partial charge in [0.25, 0.3) is 0 Å². The molecule has 0 aliphatic heterocycles. The Balaban J connectivity index is 1.54. The van der Waals surface area contributed by atoms with Crippen molar-refractivity contribution in [2.24, 2.45) is 0 Å². The molecule has 0 atom stereocenters. The van der Waals surface area contributed by atoms with Gasteiger partial charge >= 0.3 is 0 Å². The van der Waals surface area contributed by atoms with E-state index in [1.54, 1.807) is 0 Å². The largest absolute Gasteiger partial charge is 0.292 e. The summed E-state index contributed by atoms with van der Waals surface area (Å²) in [5, 5.41) is 2.70. The predicted octanol–water partition coefficient (Wildman–Crippen LogP) is 11.3. The maximum atomic E-state index is 5.29. The summed E-state index contributed by atoms with van der Waals surface area (Å²) in [5.74, 6) is 1.68. The van der Waals surface area contributed by atoms with Gasteiger partial charge in [-0.15, -0.1) is 11.3 Å². The quantitative estimate of drug-likeness (QED) is 0.208. The van der Waals surface area contributed by atoms with Crippen LogP contribution in [0.25, 0.3) is 59.4 Å². The van der Waals surface area contributed by atoms with Crippen LogP contribution in [0.5, 0.6) is 0 Å². The molecule has 202 valence electrons. The zero-order valence-corrected chi connectivity index (χ0v) is 25.1. The topological polar surface area (TPSA) is 17.8 Å². The van der Waals surface area contributed by atoms with Crippen LogP contribution in [0.4, 0.5) is 0 Å². The molecule has 0 N–H and O–H groups in total. The molecule has 2 nitrogen and oxygen atoms in total. The van der Waals surface area contributed by atoms with Gasteiger partial charge in [-0.1, -0.05) is 94.4 Å². The van der Waals surface area contributed by atoms with Gasteiger partial charge in [0.05, 0.1) is 16.7 Å². The van der Waals surface area contributed by atoms with Crippen LogP contribution >= 0.6 is 11.3 Å². The summed E-state index contributed by atoms with van der Waals surface area (Å²) >= 11 is 1.87. The molecule has 0 aliphatic carbocycles. The Hall–Kier alpha value is -4.21. The fourth-order valence-electron chi connectivity index (χ4n) is 6.20. The summed E-state index contributed by atoms with van der Waals surface area (Å²) in [4.78, 5) is 5.29. The van der Waals surface area contributed by atoms with Crippen molar-refractivity contribution >= 4 is 42.5 Å². The normalized spacial score (nSPS) is 12.0. The first-order valence-electron chi connectivity index (χ1n) is 14.5. The van der Waals surface area contributed by atoms with Crippen molar-refractivity contribution < 1.29 is 0 Å². The highest BCUT2D eigenvalue weighted by atomic mass is 32.1. The SMILES string of the molecule is Cc1cccc2sc3cc(-c4nc5ccccc5n4-c4c(C(C)C)cc(-c5ccccc5)cc4C(C)C)ccc3c12. The highest BCUT2D eigenvalue weighted by Crippen LogP contribution is 2.42. The number of imidazole rings is 1. The van der Waals surface area contributed by atoms with Gasteiger partial charge in [-0.25, -0.2) is 4.98 Å². The number of aryl methyl sites for hydroxylation is 1. The van der Waals surface area contributed by atoms with Crippen LogP contribution in [-0.2, 0) is 0 Å². The van der Waals surface area contributed by atoms with Gasteiger partial charge in [0, 0.05) is 25.7 Å². The first-order chi connectivity index (χ1) is 19.9. The van der Waals surface area contributed by atoms with E-state index in [-0.39, 0.29) is 0 Å². The smallest absolute Gasteiger partial charge is 0.145 e. The van der Waals surface area contributed by atoms with E-state index >= 15 is 0 Å². The van der Waals surface area contributed by atoms with Crippen LogP contribution in [0.3, 0.4) is 0 Å². The number of aromatic nitrogens is 2. The number of hydrogen-bond acceptors (Lipinski definition) is 2. The molecular formula is C38H34N2S. The molecule has 0 fully saturated rings. The number of para-hydroxylation sites is 2. The average Bonchev–Trinajstić information content (AvgIpc) is 3.55. The lowest BCUT2D eigenvalue weighted by atomic mass is 9.88. The van der Waals surface area contributed by atoms with Gasteiger partial charge in [0.2, 0.25) is 0 Å². The number of rotatable bonds is 5. The molecule has 0 spiro atoms. The lowest BCUT2D eigenvalue weighted by Crippen LogP contribution is -2.09. The molecule has 2 aromatic heterocycles. The van der Waals surface area contributed by atoms with E-state index in [9.17, 15) is 0 Å². The van der Waals surface area contributed by atoms with Crippen LogP contribution < -0.4 is 0 Å². The number of benzene rings is 5. The summed E-state index contributed by atoms with van der Waals surface area (Å²) in [6, 6.07) is 37.6. The molecule has 7 rings (SSSR count). The third-order valence-electron chi connectivity index (χ3n) is 8.27. The second-order valence-electron chi connectivity index (χ2n) is 11.7. The fourth-order valence-corrected chi connectivity index (χ4v) is 7.43. The summed E-state index contributed by atoms with van der Waals surface area (Å²) in [6.07, 6.45) is 0. The van der Waals surface area contributed by atoms with Gasteiger partial charge < -0.3 is 0 Å². The highest BCUT2D eigenvalue weighted by molar-refractivity contribution is 7.25. The molecule has 0 radical (unpaired) electrons. The van der Waals surface area contributed by atoms with E-state index in [0.29, 0.717) is 11.8 Å². The minimum Gasteiger partial charge on any atom is -0.292 e. The summed E-state index contributed by atoms with van der Waals surface area (Å²) < 4.78 is 5.08. The third-order valence-corrected chi connectivity index (χ3v) is 9.39. The molecule has 0 bridgehead atoms. The van der Waals surface area contributed by atoms with Crippen LogP contribution in [0.2, 0.25) is 0 Å². The van der Waals surface area contributed by atoms with E-state index in [2.05, 4.69) is 142 Å². The van der Waals surface area contributed by atoms with Crippen LogP contribution in [0.15, 0.2) is 103 Å². The van der Waals surface area contributed by atoms with Crippen molar-refractivity contribution in [2.45, 2.75) is 46.5 Å². The molecule has 0 saturated carbocycles. The molecule has 3 heteroatoms. The van der Waals surface area contributed by atoms with E-state index in [4.69, 9.17) is 4.98 Å². The molecular weight excluding hydrogens is 516 g/mol. The Morgan fingerprint density at radius 3 is 2.07 bits per heavy atom. The van der Waals surface area contributed by atoms with Crippen molar-refractivity contribution in [3.8, 4) is 28.2 Å². The maximum absolute atomic E-state index is 5.29. The Bertz CT molecular complexity index is 2030. The Morgan fingerprint density at radius 2 is 1.34 bits per heavy atom. The van der Waals surface area contributed by atoms with Crippen molar-refractivity contribution in [2.75, 3.05) is 0 Å². The lowest BCUT2D eigenvalue weighted by Gasteiger charge is -2.24. The first-order valence-corrected chi connectivity index (χ1v) is 15.4. The van der Waals surface area contributed by atoms with Gasteiger partial charge in [-0.3, -0.25) is 4.57 Å². The van der Waals surface area contributed by atoms with Crippen molar-refractivity contribution in [3.63, 3.8) is 0 Å². The standard InChI is InChI=1S/C38H34N2S/c1-23(2)30-20-28(26-13-7-6-8-14-26)21-31(24(3)4)37(30)40-33-16-10-9-15-32(33)39-38(40)27-18-19-29-35(22-27)41-34-17-11-12-25(5)36(29)34/h6-24H,1-5H3. The summed E-state index contributed by atoms with van der Waals surface area (Å²) in [6.45, 7) is 11.4. The first kappa shape index (κ1) is 25.7. The molecule has 0 unspecified atom stereocenters. The van der Waals surface area contributed by atoms with E-state index in [0.717, 1.165) is 22.4 Å². The molecule has 7 aromatic rings. The average molecular weight is 551 g/mol. The second kappa shape index (κ2) is 10.0. The number of fused-ring (bicyclic) bond motifs is 4. The highest BCUT2D eigenvalue weighted by Gasteiger charge is 2.24. The van der Waals surface area contributed by atoms with E-state index < -0.39 is 0 Å². The summed E-state index contributed by atoms with van der Waals surface area (Å²) in [5.41, 5.74) is 11.1.